The van der Waals surface area contributed by atoms with Gasteiger partial charge in [-0.1, -0.05) is 17.7 Å². The third-order valence-electron chi connectivity index (χ3n) is 6.25. The largest absolute Gasteiger partial charge is 0.355 e. The summed E-state index contributed by atoms with van der Waals surface area (Å²) in [6, 6.07) is 9.33. The number of hydrogen-bond donors (Lipinski definition) is 1. The van der Waals surface area contributed by atoms with Gasteiger partial charge in [0.05, 0.1) is 22.8 Å². The molecule has 8 heteroatoms. The maximum absolute atomic E-state index is 15.7. The van der Waals surface area contributed by atoms with Crippen molar-refractivity contribution in [2.24, 2.45) is 0 Å². The third-order valence-corrected chi connectivity index (χ3v) is 6.57. The monoisotopic (exact) mass is 428 g/mol. The lowest BCUT2D eigenvalue weighted by molar-refractivity contribution is 0.309. The van der Waals surface area contributed by atoms with Crippen LogP contribution in [-0.4, -0.2) is 52.5 Å². The Kier molecular flexibility index (Phi) is 5.35. The third kappa shape index (κ3) is 3.55. The molecule has 0 spiro atoms. The van der Waals surface area contributed by atoms with Gasteiger partial charge in [-0.3, -0.25) is 9.38 Å². The van der Waals surface area contributed by atoms with Crippen LogP contribution in [0.1, 0.15) is 42.7 Å². The van der Waals surface area contributed by atoms with E-state index in [0.29, 0.717) is 16.4 Å². The first-order chi connectivity index (χ1) is 14.6. The molecule has 1 N–H and O–H groups in total. The Bertz CT molecular complexity index is 1050. The van der Waals surface area contributed by atoms with Crippen molar-refractivity contribution in [1.82, 2.24) is 24.6 Å². The fraction of sp³-hybridized carbons (Fsp3) is 0.455. The van der Waals surface area contributed by atoms with Crippen molar-refractivity contribution in [1.29, 1.82) is 0 Å². The van der Waals surface area contributed by atoms with Gasteiger partial charge >= 0.3 is 0 Å². The first kappa shape index (κ1) is 19.7. The second kappa shape index (κ2) is 8.13. The van der Waals surface area contributed by atoms with E-state index in [1.54, 1.807) is 10.6 Å². The molecule has 158 valence electrons. The first-order valence-corrected chi connectivity index (χ1v) is 11.0. The molecule has 0 bridgehead atoms. The molecular weight excluding hydrogens is 403 g/mol. The Hall–Kier alpha value is -2.22. The summed E-state index contributed by atoms with van der Waals surface area (Å²) < 4.78 is 17.4. The molecule has 0 amide bonds. The molecule has 0 aliphatic carbocycles. The second-order valence-electron chi connectivity index (χ2n) is 8.23. The van der Waals surface area contributed by atoms with Crippen molar-refractivity contribution in [2.75, 3.05) is 38.1 Å². The SMILES string of the molecule is CN1CCN(c2cccc3nc([C@H]4CCC[C@@H](c5ncccc5Cl)N4)c(F)n23)CC1. The van der Waals surface area contributed by atoms with E-state index in [-0.39, 0.29) is 18.0 Å². The molecule has 0 aromatic carbocycles. The van der Waals surface area contributed by atoms with Crippen LogP contribution in [0.5, 0.6) is 0 Å². The number of piperazine rings is 1. The van der Waals surface area contributed by atoms with E-state index >= 15 is 4.39 Å². The van der Waals surface area contributed by atoms with Crippen molar-refractivity contribution in [3.8, 4) is 0 Å². The number of imidazole rings is 1. The van der Waals surface area contributed by atoms with E-state index in [2.05, 4.69) is 27.1 Å². The summed E-state index contributed by atoms with van der Waals surface area (Å²) >= 11 is 6.36. The quantitative estimate of drug-likeness (QED) is 0.687. The predicted octanol–water partition coefficient (Wildman–Crippen LogP) is 3.83. The molecular formula is C22H26ClFN6. The Balaban J connectivity index is 1.47. The molecule has 0 radical (unpaired) electrons. The topological polar surface area (TPSA) is 48.7 Å². The van der Waals surface area contributed by atoms with Gasteiger partial charge in [-0.25, -0.2) is 4.98 Å². The lowest BCUT2D eigenvalue weighted by atomic mass is 9.94. The number of anilines is 1. The summed E-state index contributed by atoms with van der Waals surface area (Å²) in [5.74, 6) is 0.599. The standard InChI is InChI=1S/C22H26ClFN6/c1-28-11-13-29(14-12-28)19-9-3-8-18-27-21(22(24)30(18)19)17-7-2-6-16(26-17)20-15(23)5-4-10-25-20/h3-5,8-10,16-17,26H,2,6-7,11-14H2,1H3/t16-,17+/m0/s1. The fourth-order valence-corrected chi connectivity index (χ4v) is 4.84. The zero-order chi connectivity index (χ0) is 20.7. The Morgan fingerprint density at radius 3 is 2.57 bits per heavy atom. The van der Waals surface area contributed by atoms with E-state index in [0.717, 1.165) is 57.0 Å². The summed E-state index contributed by atoms with van der Waals surface area (Å²) in [6.45, 7) is 3.70. The molecule has 2 aliphatic heterocycles. The summed E-state index contributed by atoms with van der Waals surface area (Å²) in [6.07, 6.45) is 4.48. The van der Waals surface area contributed by atoms with Crippen LogP contribution in [0.2, 0.25) is 5.02 Å². The molecule has 2 aliphatic rings. The number of nitrogens with zero attached hydrogens (tertiary/aromatic N) is 5. The van der Waals surface area contributed by atoms with E-state index in [1.165, 1.54) is 0 Å². The molecule has 2 fully saturated rings. The predicted molar refractivity (Wildman–Crippen MR) is 117 cm³/mol. The summed E-state index contributed by atoms with van der Waals surface area (Å²) in [4.78, 5) is 13.7. The molecule has 6 nitrogen and oxygen atoms in total. The fourth-order valence-electron chi connectivity index (χ4n) is 4.58. The van der Waals surface area contributed by atoms with Gasteiger partial charge in [0.2, 0.25) is 5.95 Å². The minimum atomic E-state index is -0.273. The van der Waals surface area contributed by atoms with Gasteiger partial charge < -0.3 is 15.1 Å². The van der Waals surface area contributed by atoms with Gasteiger partial charge in [0.15, 0.2) is 0 Å². The first-order valence-electron chi connectivity index (χ1n) is 10.6. The molecule has 5 rings (SSSR count). The van der Waals surface area contributed by atoms with Crippen LogP contribution in [-0.2, 0) is 0 Å². The molecule has 0 unspecified atom stereocenters. The number of pyridine rings is 2. The summed E-state index contributed by atoms with van der Waals surface area (Å²) in [5, 5.41) is 4.19. The van der Waals surface area contributed by atoms with Gasteiger partial charge in [0, 0.05) is 32.4 Å². The Morgan fingerprint density at radius 1 is 1.03 bits per heavy atom. The van der Waals surface area contributed by atoms with Gasteiger partial charge in [0.25, 0.3) is 0 Å². The highest BCUT2D eigenvalue weighted by Gasteiger charge is 2.30. The summed E-state index contributed by atoms with van der Waals surface area (Å²) in [5.41, 5.74) is 1.96. The van der Waals surface area contributed by atoms with Crippen LogP contribution in [0.15, 0.2) is 36.5 Å². The number of nitrogens with one attached hydrogen (secondary N) is 1. The highest BCUT2D eigenvalue weighted by atomic mass is 35.5. The number of rotatable bonds is 3. The van der Waals surface area contributed by atoms with Crippen molar-refractivity contribution in [3.05, 3.63) is 58.9 Å². The van der Waals surface area contributed by atoms with Crippen molar-refractivity contribution in [3.63, 3.8) is 0 Å². The average Bonchev–Trinajstić information content (AvgIpc) is 3.12. The van der Waals surface area contributed by atoms with Crippen LogP contribution in [0.3, 0.4) is 0 Å². The molecule has 5 heterocycles. The molecule has 3 aromatic heterocycles. The van der Waals surface area contributed by atoms with Crippen LogP contribution < -0.4 is 10.2 Å². The zero-order valence-corrected chi connectivity index (χ0v) is 17.8. The smallest absolute Gasteiger partial charge is 0.224 e. The normalized spacial score (nSPS) is 23.2. The lowest BCUT2D eigenvalue weighted by Crippen LogP contribution is -2.45. The van der Waals surface area contributed by atoms with Gasteiger partial charge in [0.1, 0.15) is 17.2 Å². The van der Waals surface area contributed by atoms with Crippen LogP contribution in [0.25, 0.3) is 5.65 Å². The van der Waals surface area contributed by atoms with Crippen LogP contribution in [0.4, 0.5) is 10.2 Å². The van der Waals surface area contributed by atoms with E-state index in [9.17, 15) is 0 Å². The maximum atomic E-state index is 15.7. The van der Waals surface area contributed by atoms with E-state index in [1.807, 2.05) is 30.3 Å². The second-order valence-corrected chi connectivity index (χ2v) is 8.64. The number of aromatic nitrogens is 3. The number of fused-ring (bicyclic) bond motifs is 1. The molecule has 3 aromatic rings. The Labute approximate surface area is 180 Å². The molecule has 30 heavy (non-hydrogen) atoms. The number of piperidine rings is 1. The van der Waals surface area contributed by atoms with Crippen molar-refractivity contribution < 1.29 is 4.39 Å². The zero-order valence-electron chi connectivity index (χ0n) is 17.1. The minimum Gasteiger partial charge on any atom is -0.355 e. The van der Waals surface area contributed by atoms with Crippen molar-refractivity contribution in [2.45, 2.75) is 31.3 Å². The Morgan fingerprint density at radius 2 is 1.80 bits per heavy atom. The van der Waals surface area contributed by atoms with E-state index in [4.69, 9.17) is 16.6 Å². The maximum Gasteiger partial charge on any atom is 0.224 e. The number of likely N-dealkylation sites (N-methyl/N-ethyl adjacent to an activating group) is 1. The number of halogens is 2. The highest BCUT2D eigenvalue weighted by Crippen LogP contribution is 2.35. The molecule has 0 saturated carbocycles. The van der Waals surface area contributed by atoms with Crippen LogP contribution in [0, 0.1) is 5.95 Å². The van der Waals surface area contributed by atoms with Gasteiger partial charge in [-0.2, -0.15) is 4.39 Å². The average molecular weight is 429 g/mol. The number of hydrogen-bond acceptors (Lipinski definition) is 5. The minimum absolute atomic E-state index is 0.00114. The van der Waals surface area contributed by atoms with Gasteiger partial charge in [-0.15, -0.1) is 0 Å². The highest BCUT2D eigenvalue weighted by molar-refractivity contribution is 6.31. The van der Waals surface area contributed by atoms with Crippen molar-refractivity contribution >= 4 is 23.1 Å². The van der Waals surface area contributed by atoms with Gasteiger partial charge in [-0.05, 0) is 50.6 Å². The summed E-state index contributed by atoms with van der Waals surface area (Å²) in [7, 11) is 2.12. The van der Waals surface area contributed by atoms with Crippen LogP contribution >= 0.6 is 11.6 Å². The molecule has 2 saturated heterocycles. The molecule has 2 atom stereocenters. The lowest BCUT2D eigenvalue weighted by Gasteiger charge is -2.34. The van der Waals surface area contributed by atoms with E-state index < -0.39 is 0 Å².